The standard InChI is InChI=1S/C21H23FN8O10P2S2/c22-9-2-29(17-12(9)19(32)27-6-25-17)20-10-1-8(37-20)3-35-42(34,44)40-15-11(4-36-41(33,43)39-10)38-21(14(15)31)30-7-28-13-16(23)24-5-26-18(13)30/h2,5-8,10-11,14-15,20-21,31H,1,3-4H2,(H,33,43)(H,34,44)(H2,23,24,26)(H,25,27,32)/t8-,10+,11+,14+,15+,20+,21+,41?,42?/m0/s1. The summed E-state index contributed by atoms with van der Waals surface area (Å²) in [5.41, 5.74) is 5.57. The lowest BCUT2D eigenvalue weighted by molar-refractivity contribution is -0.0571. The molecule has 0 saturated carbocycles. The number of aromatic nitrogens is 7. The SMILES string of the molecule is Nc1ncnc2c1ncn2[C@@H]1O[C@@H]2COP(=O)(S)O[C@@H]3C[C@@H](COP(=O)(S)O[C@H]2[C@H]1O)O[C@H]3n1cc(F)c2c(=O)[nH]cnc21. The molecule has 7 rings (SSSR count). The Morgan fingerprint density at radius 2 is 1.77 bits per heavy atom. The van der Waals surface area contributed by atoms with Gasteiger partial charge in [-0.15, -0.1) is 0 Å². The number of nitrogens with zero attached hydrogens (tertiary/aromatic N) is 6. The topological polar surface area (TPSA) is 230 Å². The predicted octanol–water partition coefficient (Wildman–Crippen LogP) is 1.72. The lowest BCUT2D eigenvalue weighted by Gasteiger charge is -2.26. The fourth-order valence-corrected chi connectivity index (χ4v) is 8.41. The quantitative estimate of drug-likeness (QED) is 0.149. The van der Waals surface area contributed by atoms with Crippen molar-refractivity contribution in [1.82, 2.24) is 34.1 Å². The summed E-state index contributed by atoms with van der Waals surface area (Å²) in [4.78, 5) is 30.8. The van der Waals surface area contributed by atoms with Crippen molar-refractivity contribution in [3.63, 3.8) is 0 Å². The van der Waals surface area contributed by atoms with E-state index < -0.39 is 74.6 Å². The van der Waals surface area contributed by atoms with Gasteiger partial charge in [0.2, 0.25) is 0 Å². The Balaban J connectivity index is 1.19. The zero-order chi connectivity index (χ0) is 31.0. The molecule has 4 aromatic heterocycles. The van der Waals surface area contributed by atoms with Crippen LogP contribution in [0.5, 0.6) is 0 Å². The van der Waals surface area contributed by atoms with Gasteiger partial charge < -0.3 is 29.9 Å². The maximum Gasteiger partial charge on any atom is 0.386 e. The molecule has 4 aromatic rings. The highest BCUT2D eigenvalue weighted by Gasteiger charge is 2.51. The van der Waals surface area contributed by atoms with Crippen LogP contribution in [-0.4, -0.2) is 82.9 Å². The summed E-state index contributed by atoms with van der Waals surface area (Å²) in [6, 6.07) is 0. The maximum absolute atomic E-state index is 14.7. The molecule has 3 fully saturated rings. The third-order valence-corrected chi connectivity index (χ3v) is 10.6. The molecule has 3 aliphatic rings. The van der Waals surface area contributed by atoms with E-state index in [0.717, 1.165) is 12.5 Å². The van der Waals surface area contributed by atoms with Crippen molar-refractivity contribution in [1.29, 1.82) is 0 Å². The Hall–Kier alpha value is -2.42. The zero-order valence-corrected chi connectivity index (χ0v) is 25.6. The van der Waals surface area contributed by atoms with Crippen molar-refractivity contribution < 1.29 is 46.2 Å². The second kappa shape index (κ2) is 11.1. The van der Waals surface area contributed by atoms with Crippen LogP contribution in [0.1, 0.15) is 18.9 Å². The Labute approximate surface area is 255 Å². The van der Waals surface area contributed by atoms with Crippen LogP contribution in [0.25, 0.3) is 22.2 Å². The van der Waals surface area contributed by atoms with Gasteiger partial charge in [0.25, 0.3) is 5.56 Å². The number of nitrogen functional groups attached to an aromatic ring is 1. The molecule has 7 heterocycles. The molecule has 4 N–H and O–H groups in total. The van der Waals surface area contributed by atoms with Crippen molar-refractivity contribution in [3.05, 3.63) is 41.3 Å². The van der Waals surface area contributed by atoms with E-state index in [-0.39, 0.29) is 41.0 Å². The molecule has 23 heteroatoms. The van der Waals surface area contributed by atoms with Crippen molar-refractivity contribution in [2.75, 3.05) is 18.9 Å². The van der Waals surface area contributed by atoms with E-state index in [0.29, 0.717) is 0 Å². The molecule has 0 aliphatic carbocycles. The molecular formula is C21H23FN8O10P2S2. The van der Waals surface area contributed by atoms with E-state index in [9.17, 15) is 23.4 Å². The Morgan fingerprint density at radius 3 is 2.59 bits per heavy atom. The number of halogens is 1. The first-order valence-electron chi connectivity index (χ1n) is 12.9. The van der Waals surface area contributed by atoms with Crippen LogP contribution < -0.4 is 11.3 Å². The molecule has 0 radical (unpaired) electrons. The number of nitrogens with two attached hydrogens (primary N) is 1. The van der Waals surface area contributed by atoms with Gasteiger partial charge in [-0.2, -0.15) is 0 Å². The molecule has 18 nitrogen and oxygen atoms in total. The molecule has 236 valence electrons. The molecular weight excluding hydrogens is 669 g/mol. The van der Waals surface area contributed by atoms with Gasteiger partial charge in [-0.05, 0) is 0 Å². The molecule has 0 aromatic carbocycles. The highest BCUT2D eigenvalue weighted by Crippen LogP contribution is 2.60. The van der Waals surface area contributed by atoms with Crippen LogP contribution >= 0.6 is 38.1 Å². The number of H-pyrrole nitrogens is 1. The second-order valence-electron chi connectivity index (χ2n) is 10.1. The van der Waals surface area contributed by atoms with Gasteiger partial charge >= 0.3 is 13.6 Å². The summed E-state index contributed by atoms with van der Waals surface area (Å²) >= 11 is 8.19. The average Bonchev–Trinajstić information content (AvgIpc) is 3.72. The number of ether oxygens (including phenoxy) is 2. The minimum atomic E-state index is -4.23. The largest absolute Gasteiger partial charge is 0.386 e. The van der Waals surface area contributed by atoms with Crippen LogP contribution in [0.3, 0.4) is 0 Å². The second-order valence-corrected chi connectivity index (χ2v) is 15.8. The van der Waals surface area contributed by atoms with E-state index in [2.05, 4.69) is 49.4 Å². The Kier molecular flexibility index (Phi) is 7.65. The molecule has 0 amide bonds. The van der Waals surface area contributed by atoms with Crippen LogP contribution in [-0.2, 0) is 36.7 Å². The fourth-order valence-electron chi connectivity index (χ4n) is 5.41. The summed E-state index contributed by atoms with van der Waals surface area (Å²) in [7, 11) is 0. The molecule has 3 saturated heterocycles. The number of nitrogens with one attached hydrogen (secondary N) is 1. The normalized spacial score (nSPS) is 36.6. The van der Waals surface area contributed by atoms with Crippen LogP contribution in [0.2, 0.25) is 0 Å². The van der Waals surface area contributed by atoms with Gasteiger partial charge in [0.1, 0.15) is 41.6 Å². The number of rotatable bonds is 2. The summed E-state index contributed by atoms with van der Waals surface area (Å²) in [5, 5.41) is 10.9. The number of hydrogen-bond donors (Lipinski definition) is 5. The Morgan fingerprint density at radius 1 is 1.00 bits per heavy atom. The number of aliphatic hydroxyl groups excluding tert-OH is 1. The number of thiol groups is 2. The number of anilines is 1. The van der Waals surface area contributed by atoms with Gasteiger partial charge in [-0.3, -0.25) is 27.5 Å². The van der Waals surface area contributed by atoms with E-state index in [1.54, 1.807) is 0 Å². The van der Waals surface area contributed by atoms with Gasteiger partial charge in [-0.1, -0.05) is 24.5 Å². The molecule has 44 heavy (non-hydrogen) atoms. The van der Waals surface area contributed by atoms with Gasteiger partial charge in [0.05, 0.1) is 32.0 Å². The first kappa shape index (κ1) is 30.2. The van der Waals surface area contributed by atoms with Gasteiger partial charge in [-0.25, -0.2) is 33.5 Å². The first-order valence-corrected chi connectivity index (χ1v) is 18.3. The summed E-state index contributed by atoms with van der Waals surface area (Å²) in [5.74, 6) is -0.778. The number of aliphatic hydroxyl groups is 1. The highest BCUT2D eigenvalue weighted by molar-refractivity contribution is 8.44. The van der Waals surface area contributed by atoms with Crippen LogP contribution in [0.15, 0.2) is 30.0 Å². The smallest absolute Gasteiger partial charge is 0.386 e. The highest BCUT2D eigenvalue weighted by atomic mass is 32.7. The molecule has 2 unspecified atom stereocenters. The van der Waals surface area contributed by atoms with E-state index in [4.69, 9.17) is 33.3 Å². The van der Waals surface area contributed by atoms with Crippen molar-refractivity contribution in [2.45, 2.75) is 49.4 Å². The minimum absolute atomic E-state index is 0.0103. The van der Waals surface area contributed by atoms with Crippen molar-refractivity contribution in [2.24, 2.45) is 0 Å². The van der Waals surface area contributed by atoms with Crippen molar-refractivity contribution in [3.8, 4) is 0 Å². The molecule has 0 spiro atoms. The van der Waals surface area contributed by atoms with E-state index in [1.165, 1.54) is 21.8 Å². The van der Waals surface area contributed by atoms with E-state index in [1.807, 2.05) is 0 Å². The fraction of sp³-hybridized carbons (Fsp3) is 0.476. The van der Waals surface area contributed by atoms with Gasteiger partial charge in [0.15, 0.2) is 35.4 Å². The summed E-state index contributed by atoms with van der Waals surface area (Å²) < 4.78 is 78.6. The average molecular weight is 693 g/mol. The zero-order valence-electron chi connectivity index (χ0n) is 22.0. The monoisotopic (exact) mass is 692 g/mol. The number of fused-ring (bicyclic) bond motifs is 5. The maximum atomic E-state index is 14.7. The lowest BCUT2D eigenvalue weighted by atomic mass is 10.1. The van der Waals surface area contributed by atoms with Crippen LogP contribution in [0, 0.1) is 5.82 Å². The summed E-state index contributed by atoms with van der Waals surface area (Å²) in [6.07, 6.45) is -3.84. The van der Waals surface area contributed by atoms with Crippen LogP contribution in [0.4, 0.5) is 10.2 Å². The number of imidazole rings is 1. The predicted molar refractivity (Wildman–Crippen MR) is 153 cm³/mol. The van der Waals surface area contributed by atoms with Crippen molar-refractivity contribution >= 4 is 66.1 Å². The Bertz CT molecular complexity index is 1910. The molecule has 9 atom stereocenters. The lowest BCUT2D eigenvalue weighted by Crippen LogP contribution is -2.35. The third-order valence-electron chi connectivity index (χ3n) is 7.31. The van der Waals surface area contributed by atoms with Gasteiger partial charge in [0, 0.05) is 12.6 Å². The third kappa shape index (κ3) is 5.39. The number of aromatic amines is 1. The minimum Gasteiger partial charge on any atom is -0.386 e. The first-order chi connectivity index (χ1) is 20.9. The summed E-state index contributed by atoms with van der Waals surface area (Å²) in [6.45, 7) is -9.35. The molecule has 3 aliphatic heterocycles. The molecule has 2 bridgehead atoms. The van der Waals surface area contributed by atoms with E-state index >= 15 is 0 Å². The number of hydrogen-bond acceptors (Lipinski definition) is 15.